The highest BCUT2D eigenvalue weighted by Crippen LogP contribution is 2.32. The Morgan fingerprint density at radius 2 is 1.84 bits per heavy atom. The minimum absolute atomic E-state index is 0.218. The fourth-order valence-electron chi connectivity index (χ4n) is 2.90. The third-order valence-corrected chi connectivity index (χ3v) is 4.42. The van der Waals surface area contributed by atoms with Crippen molar-refractivity contribution >= 4 is 11.5 Å². The van der Waals surface area contributed by atoms with Crippen molar-refractivity contribution in [3.63, 3.8) is 0 Å². The number of ketones is 1. The van der Waals surface area contributed by atoms with Crippen molar-refractivity contribution in [2.45, 2.75) is 26.2 Å². The van der Waals surface area contributed by atoms with Crippen molar-refractivity contribution in [2.24, 2.45) is 0 Å². The number of allylic oxidation sites excluding steroid dienone is 2. The highest BCUT2D eigenvalue weighted by atomic mass is 16.5. The molecule has 0 heterocycles. The molecule has 0 spiro atoms. The minimum atomic E-state index is 0.218. The van der Waals surface area contributed by atoms with Crippen LogP contribution in [-0.4, -0.2) is 19.5 Å². The molecule has 1 aliphatic rings. The van der Waals surface area contributed by atoms with Gasteiger partial charge in [0.05, 0.1) is 13.7 Å². The van der Waals surface area contributed by atoms with E-state index in [1.165, 1.54) is 5.56 Å². The van der Waals surface area contributed by atoms with Gasteiger partial charge in [0.1, 0.15) is 0 Å². The molecule has 2 aromatic rings. The number of rotatable bonds is 7. The van der Waals surface area contributed by atoms with Crippen molar-refractivity contribution in [3.05, 3.63) is 65.4 Å². The monoisotopic (exact) mass is 337 g/mol. The van der Waals surface area contributed by atoms with E-state index in [1.54, 1.807) is 7.11 Å². The molecule has 3 rings (SSSR count). The maximum Gasteiger partial charge on any atom is 0.163 e. The van der Waals surface area contributed by atoms with E-state index >= 15 is 0 Å². The fraction of sp³-hybridized carbons (Fsp3) is 0.286. The molecule has 2 aromatic carbocycles. The van der Waals surface area contributed by atoms with Gasteiger partial charge in [0, 0.05) is 35.9 Å². The zero-order valence-corrected chi connectivity index (χ0v) is 14.7. The lowest BCUT2D eigenvalue weighted by Crippen LogP contribution is -2.04. The van der Waals surface area contributed by atoms with Crippen LogP contribution in [0.5, 0.6) is 11.5 Å². The Kier molecular flexibility index (Phi) is 5.39. The molecule has 0 saturated carbocycles. The van der Waals surface area contributed by atoms with Crippen LogP contribution >= 0.6 is 0 Å². The normalized spacial score (nSPS) is 13.9. The van der Waals surface area contributed by atoms with Crippen molar-refractivity contribution in [2.75, 3.05) is 19.0 Å². The summed E-state index contributed by atoms with van der Waals surface area (Å²) in [5.41, 5.74) is 3.95. The number of carbonyl (C=O) groups is 1. The molecule has 130 valence electrons. The largest absolute Gasteiger partial charge is 0.493 e. The molecule has 25 heavy (non-hydrogen) atoms. The number of anilines is 1. The van der Waals surface area contributed by atoms with Crippen LogP contribution in [0.1, 0.15) is 25.3 Å². The van der Waals surface area contributed by atoms with Crippen LogP contribution in [0.15, 0.2) is 59.8 Å². The van der Waals surface area contributed by atoms with Crippen molar-refractivity contribution in [3.8, 4) is 11.5 Å². The Bertz CT molecular complexity index is 781. The Morgan fingerprint density at radius 3 is 2.52 bits per heavy atom. The van der Waals surface area contributed by atoms with Crippen molar-refractivity contribution in [1.29, 1.82) is 0 Å². The van der Waals surface area contributed by atoms with E-state index < -0.39 is 0 Å². The summed E-state index contributed by atoms with van der Waals surface area (Å²) in [6, 6.07) is 16.0. The van der Waals surface area contributed by atoms with E-state index in [4.69, 9.17) is 9.47 Å². The van der Waals surface area contributed by atoms with E-state index in [9.17, 15) is 4.79 Å². The van der Waals surface area contributed by atoms with Gasteiger partial charge in [-0.25, -0.2) is 0 Å². The number of hydrogen-bond acceptors (Lipinski definition) is 4. The van der Waals surface area contributed by atoms with E-state index in [2.05, 4.69) is 17.4 Å². The first-order valence-electron chi connectivity index (χ1n) is 8.52. The summed E-state index contributed by atoms with van der Waals surface area (Å²) >= 11 is 0. The maximum absolute atomic E-state index is 11.7. The average Bonchev–Trinajstić information content (AvgIpc) is 2.95. The van der Waals surface area contributed by atoms with Crippen LogP contribution in [0.25, 0.3) is 0 Å². The first-order chi connectivity index (χ1) is 12.2. The smallest absolute Gasteiger partial charge is 0.163 e. The summed E-state index contributed by atoms with van der Waals surface area (Å²) in [6.07, 6.45) is 2.19. The SMILES string of the molecule is COc1ccc(NC2=C(C)C(=O)CC2)cc1OCCc1ccccc1. The van der Waals surface area contributed by atoms with E-state index in [1.807, 2.05) is 43.3 Å². The Balaban J connectivity index is 1.68. The van der Waals surface area contributed by atoms with Crippen LogP contribution in [-0.2, 0) is 11.2 Å². The molecule has 0 aliphatic heterocycles. The lowest BCUT2D eigenvalue weighted by atomic mass is 10.2. The van der Waals surface area contributed by atoms with E-state index in [0.717, 1.165) is 29.8 Å². The van der Waals surface area contributed by atoms with Gasteiger partial charge >= 0.3 is 0 Å². The zero-order valence-electron chi connectivity index (χ0n) is 14.7. The molecule has 0 aromatic heterocycles. The molecular weight excluding hydrogens is 314 g/mol. The highest BCUT2D eigenvalue weighted by Gasteiger charge is 2.19. The van der Waals surface area contributed by atoms with Crippen LogP contribution in [0, 0.1) is 0 Å². The topological polar surface area (TPSA) is 47.6 Å². The molecule has 0 fully saturated rings. The van der Waals surface area contributed by atoms with Crippen LogP contribution in [0.2, 0.25) is 0 Å². The Morgan fingerprint density at radius 1 is 1.04 bits per heavy atom. The predicted molar refractivity (Wildman–Crippen MR) is 99.2 cm³/mol. The molecular formula is C21H23NO3. The van der Waals surface area contributed by atoms with Gasteiger partial charge in [0.2, 0.25) is 0 Å². The van der Waals surface area contributed by atoms with Crippen molar-refractivity contribution in [1.82, 2.24) is 0 Å². The van der Waals surface area contributed by atoms with Gasteiger partial charge in [-0.05, 0) is 31.0 Å². The number of ether oxygens (including phenoxy) is 2. The quantitative estimate of drug-likeness (QED) is 0.815. The van der Waals surface area contributed by atoms with Crippen LogP contribution < -0.4 is 14.8 Å². The Labute approximate surface area is 148 Å². The molecule has 0 bridgehead atoms. The second-order valence-electron chi connectivity index (χ2n) is 6.10. The third-order valence-electron chi connectivity index (χ3n) is 4.42. The van der Waals surface area contributed by atoms with Gasteiger partial charge in [-0.1, -0.05) is 30.3 Å². The first-order valence-corrected chi connectivity index (χ1v) is 8.52. The molecule has 0 amide bonds. The van der Waals surface area contributed by atoms with Gasteiger partial charge < -0.3 is 14.8 Å². The summed E-state index contributed by atoms with van der Waals surface area (Å²) in [5, 5.41) is 3.34. The molecule has 0 atom stereocenters. The van der Waals surface area contributed by atoms with Gasteiger partial charge in [0.25, 0.3) is 0 Å². The van der Waals surface area contributed by atoms with Crippen LogP contribution in [0.4, 0.5) is 5.69 Å². The minimum Gasteiger partial charge on any atom is -0.493 e. The molecule has 1 N–H and O–H groups in total. The van der Waals surface area contributed by atoms with Gasteiger partial charge in [-0.15, -0.1) is 0 Å². The van der Waals surface area contributed by atoms with E-state index in [0.29, 0.717) is 24.5 Å². The first kappa shape index (κ1) is 17.1. The number of benzene rings is 2. The standard InChI is InChI=1S/C21H23NO3/c1-15-18(9-10-19(15)23)22-17-8-11-20(24-2)21(14-17)25-13-12-16-6-4-3-5-7-16/h3-8,11,14,22H,9-10,12-13H2,1-2H3. The number of carbonyl (C=O) groups excluding carboxylic acids is 1. The molecule has 4 heteroatoms. The van der Waals surface area contributed by atoms with Gasteiger partial charge in [0.15, 0.2) is 17.3 Å². The fourth-order valence-corrected chi connectivity index (χ4v) is 2.90. The predicted octanol–water partition coefficient (Wildman–Crippen LogP) is 4.37. The number of nitrogens with one attached hydrogen (secondary N) is 1. The third kappa shape index (κ3) is 4.21. The van der Waals surface area contributed by atoms with Gasteiger partial charge in [-0.3, -0.25) is 4.79 Å². The second-order valence-corrected chi connectivity index (χ2v) is 6.10. The number of methoxy groups -OCH3 is 1. The Hall–Kier alpha value is -2.75. The highest BCUT2D eigenvalue weighted by molar-refractivity contribution is 5.98. The molecule has 0 radical (unpaired) electrons. The summed E-state index contributed by atoms with van der Waals surface area (Å²) in [6.45, 7) is 2.45. The lowest BCUT2D eigenvalue weighted by Gasteiger charge is -2.14. The lowest BCUT2D eigenvalue weighted by molar-refractivity contribution is -0.114. The average molecular weight is 337 g/mol. The molecule has 0 saturated heterocycles. The molecule has 0 unspecified atom stereocenters. The van der Waals surface area contributed by atoms with Crippen molar-refractivity contribution < 1.29 is 14.3 Å². The van der Waals surface area contributed by atoms with E-state index in [-0.39, 0.29) is 5.78 Å². The van der Waals surface area contributed by atoms with Crippen LogP contribution in [0.3, 0.4) is 0 Å². The molecule has 4 nitrogen and oxygen atoms in total. The number of Topliss-reactive ketones (excluding diaryl/α,β-unsaturated/α-hetero) is 1. The zero-order chi connectivity index (χ0) is 17.6. The second kappa shape index (κ2) is 7.88. The summed E-state index contributed by atoms with van der Waals surface area (Å²) in [7, 11) is 1.63. The number of hydrogen-bond donors (Lipinski definition) is 1. The summed E-state index contributed by atoms with van der Waals surface area (Å²) < 4.78 is 11.3. The summed E-state index contributed by atoms with van der Waals surface area (Å²) in [5.74, 6) is 1.62. The molecule has 1 aliphatic carbocycles. The summed E-state index contributed by atoms with van der Waals surface area (Å²) in [4.78, 5) is 11.7. The van der Waals surface area contributed by atoms with Gasteiger partial charge in [-0.2, -0.15) is 0 Å². The maximum atomic E-state index is 11.7.